The molecule has 1 aliphatic heterocycles. The van der Waals surface area contributed by atoms with Crippen LogP contribution in [-0.2, 0) is 24.0 Å². The van der Waals surface area contributed by atoms with Gasteiger partial charge in [0.15, 0.2) is 0 Å². The summed E-state index contributed by atoms with van der Waals surface area (Å²) in [5, 5.41) is 13.3. The molecule has 1 unspecified atom stereocenters. The minimum atomic E-state index is -4.34. The number of alkyl halides is 3. The van der Waals surface area contributed by atoms with E-state index >= 15 is 0 Å². The summed E-state index contributed by atoms with van der Waals surface area (Å²) in [5.41, 5.74) is 0.874. The van der Waals surface area contributed by atoms with E-state index < -0.39 is 17.8 Å². The van der Waals surface area contributed by atoms with Crippen molar-refractivity contribution in [2.24, 2.45) is 0 Å². The molecule has 0 aliphatic carbocycles. The summed E-state index contributed by atoms with van der Waals surface area (Å²) in [5.74, 6) is 0.648. The minimum Gasteiger partial charge on any atom is -0.491 e. The summed E-state index contributed by atoms with van der Waals surface area (Å²) in [4.78, 5) is 2.14. The molecule has 0 aromatic heterocycles. The maximum absolute atomic E-state index is 12.8. The molecule has 0 amide bonds. The summed E-state index contributed by atoms with van der Waals surface area (Å²) >= 11 is 0. The van der Waals surface area contributed by atoms with Crippen LogP contribution in [0.3, 0.4) is 0 Å². The van der Waals surface area contributed by atoms with Gasteiger partial charge in [0.1, 0.15) is 18.5 Å². The number of benzene rings is 2. The molecule has 1 atom stereocenters. The smallest absolute Gasteiger partial charge is 0.416 e. The number of β-amino-alcohol motifs (C(OH)–C–C–N with tert-alkyl or cyclic N) is 1. The predicted octanol–water partition coefficient (Wildman–Crippen LogP) is 3.07. The summed E-state index contributed by atoms with van der Waals surface area (Å²) in [6, 6.07) is 12.7. The number of ether oxygens (including phenoxy) is 2. The van der Waals surface area contributed by atoms with Crippen molar-refractivity contribution in [3.8, 4) is 5.75 Å². The van der Waals surface area contributed by atoms with Gasteiger partial charge in [-0.15, -0.1) is 0 Å². The Balaban J connectivity index is 1.44. The summed E-state index contributed by atoms with van der Waals surface area (Å²) < 4.78 is 49.4. The highest BCUT2D eigenvalue weighted by Gasteiger charge is 2.30. The van der Waals surface area contributed by atoms with Crippen molar-refractivity contribution in [3.63, 3.8) is 0 Å². The molecule has 5 nitrogen and oxygen atoms in total. The maximum atomic E-state index is 12.8. The Labute approximate surface area is 174 Å². The van der Waals surface area contributed by atoms with E-state index in [-0.39, 0.29) is 6.61 Å². The third-order valence-electron chi connectivity index (χ3n) is 4.83. The third-order valence-corrected chi connectivity index (χ3v) is 4.83. The minimum absolute atomic E-state index is 0.193. The lowest BCUT2D eigenvalue weighted by Gasteiger charge is -2.28. The van der Waals surface area contributed by atoms with E-state index in [1.54, 1.807) is 6.07 Å². The first-order chi connectivity index (χ1) is 14.4. The fourth-order valence-electron chi connectivity index (χ4n) is 3.28. The molecular formula is C22H27F3N2O3. The average molecular weight is 424 g/mol. The highest BCUT2D eigenvalue weighted by Crippen LogP contribution is 2.29. The van der Waals surface area contributed by atoms with Crippen LogP contribution in [0.2, 0.25) is 0 Å². The number of hydrogen-bond acceptors (Lipinski definition) is 5. The van der Waals surface area contributed by atoms with Gasteiger partial charge in [0.2, 0.25) is 0 Å². The van der Waals surface area contributed by atoms with Crippen LogP contribution in [0.25, 0.3) is 0 Å². The molecule has 2 aromatic carbocycles. The van der Waals surface area contributed by atoms with Crippen molar-refractivity contribution in [2.45, 2.75) is 25.4 Å². The topological polar surface area (TPSA) is 54.0 Å². The highest BCUT2D eigenvalue weighted by atomic mass is 19.4. The van der Waals surface area contributed by atoms with E-state index in [2.05, 4.69) is 10.2 Å². The third kappa shape index (κ3) is 7.28. The van der Waals surface area contributed by atoms with E-state index in [1.807, 2.05) is 24.3 Å². The predicted molar refractivity (Wildman–Crippen MR) is 107 cm³/mol. The lowest BCUT2D eigenvalue weighted by molar-refractivity contribution is -0.137. The second kappa shape index (κ2) is 10.8. The van der Waals surface area contributed by atoms with Crippen LogP contribution in [0.1, 0.15) is 16.7 Å². The first kappa shape index (κ1) is 22.6. The Kier molecular flexibility index (Phi) is 8.09. The molecule has 1 fully saturated rings. The van der Waals surface area contributed by atoms with Crippen molar-refractivity contribution >= 4 is 0 Å². The van der Waals surface area contributed by atoms with Crippen LogP contribution in [0, 0.1) is 0 Å². The van der Waals surface area contributed by atoms with Gasteiger partial charge in [-0.1, -0.05) is 30.3 Å². The standard InChI is InChI=1S/C22H27F3N2O3/c23-22(24,25)19-5-1-3-17(11-19)13-26-14-18-4-2-6-21(12-18)30-16-20(28)15-27-7-9-29-10-8-27/h1-6,11-12,20,26,28H,7-10,13-16H2. The Morgan fingerprint density at radius 1 is 1.03 bits per heavy atom. The molecule has 2 aromatic rings. The van der Waals surface area contributed by atoms with Crippen molar-refractivity contribution in [3.05, 3.63) is 65.2 Å². The van der Waals surface area contributed by atoms with Crippen LogP contribution in [0.15, 0.2) is 48.5 Å². The molecular weight excluding hydrogens is 397 g/mol. The number of aliphatic hydroxyl groups excluding tert-OH is 1. The van der Waals surface area contributed by atoms with Crippen LogP contribution >= 0.6 is 0 Å². The number of nitrogens with zero attached hydrogens (tertiary/aromatic N) is 1. The summed E-state index contributed by atoms with van der Waals surface area (Å²) in [6.45, 7) is 4.54. The Bertz CT molecular complexity index is 795. The van der Waals surface area contributed by atoms with Gasteiger partial charge >= 0.3 is 6.18 Å². The van der Waals surface area contributed by atoms with Crippen LogP contribution < -0.4 is 10.1 Å². The first-order valence-corrected chi connectivity index (χ1v) is 9.97. The van der Waals surface area contributed by atoms with Gasteiger partial charge in [-0.25, -0.2) is 0 Å². The maximum Gasteiger partial charge on any atom is 0.416 e. The van der Waals surface area contributed by atoms with Crippen molar-refractivity contribution < 1.29 is 27.8 Å². The molecule has 0 spiro atoms. The van der Waals surface area contributed by atoms with Crippen molar-refractivity contribution in [2.75, 3.05) is 39.5 Å². The molecule has 8 heteroatoms. The van der Waals surface area contributed by atoms with E-state index in [4.69, 9.17) is 9.47 Å². The molecule has 0 radical (unpaired) electrons. The largest absolute Gasteiger partial charge is 0.491 e. The van der Waals surface area contributed by atoms with Gasteiger partial charge in [-0.2, -0.15) is 13.2 Å². The molecule has 0 saturated carbocycles. The quantitative estimate of drug-likeness (QED) is 0.648. The zero-order valence-electron chi connectivity index (χ0n) is 16.7. The Hall–Kier alpha value is -2.13. The zero-order chi connectivity index (χ0) is 21.4. The highest BCUT2D eigenvalue weighted by molar-refractivity contribution is 5.29. The molecule has 3 rings (SSSR count). The lowest BCUT2D eigenvalue weighted by atomic mass is 10.1. The van der Waals surface area contributed by atoms with E-state index in [1.165, 1.54) is 6.07 Å². The fourth-order valence-corrected chi connectivity index (χ4v) is 3.28. The van der Waals surface area contributed by atoms with Crippen LogP contribution in [0.5, 0.6) is 5.75 Å². The monoisotopic (exact) mass is 424 g/mol. The lowest BCUT2D eigenvalue weighted by Crippen LogP contribution is -2.42. The number of rotatable bonds is 9. The van der Waals surface area contributed by atoms with Gasteiger partial charge in [0.05, 0.1) is 18.8 Å². The van der Waals surface area contributed by atoms with Crippen molar-refractivity contribution in [1.82, 2.24) is 10.2 Å². The van der Waals surface area contributed by atoms with Gasteiger partial charge in [-0.05, 0) is 29.3 Å². The number of nitrogens with one attached hydrogen (secondary N) is 1. The summed E-state index contributed by atoms with van der Waals surface area (Å²) in [6.07, 6.45) is -4.93. The molecule has 2 N–H and O–H groups in total. The number of morpholine rings is 1. The Morgan fingerprint density at radius 2 is 1.70 bits per heavy atom. The van der Waals surface area contributed by atoms with E-state index in [0.29, 0.717) is 44.2 Å². The molecule has 30 heavy (non-hydrogen) atoms. The fraction of sp³-hybridized carbons (Fsp3) is 0.455. The van der Waals surface area contributed by atoms with E-state index in [9.17, 15) is 18.3 Å². The zero-order valence-corrected chi connectivity index (χ0v) is 16.7. The van der Waals surface area contributed by atoms with Crippen LogP contribution in [-0.4, -0.2) is 55.6 Å². The molecule has 164 valence electrons. The van der Waals surface area contributed by atoms with Gasteiger partial charge < -0.3 is 19.9 Å². The average Bonchev–Trinajstić information content (AvgIpc) is 2.73. The van der Waals surface area contributed by atoms with Gasteiger partial charge in [0.25, 0.3) is 0 Å². The molecule has 1 saturated heterocycles. The molecule has 1 aliphatic rings. The second-order valence-electron chi connectivity index (χ2n) is 7.33. The normalized spacial score (nSPS) is 16.4. The summed E-state index contributed by atoms with van der Waals surface area (Å²) in [7, 11) is 0. The molecule has 0 bridgehead atoms. The SMILES string of the molecule is OC(COc1cccc(CNCc2cccc(C(F)(F)F)c2)c1)CN1CCOCC1. The van der Waals surface area contributed by atoms with Crippen molar-refractivity contribution in [1.29, 1.82) is 0 Å². The first-order valence-electron chi connectivity index (χ1n) is 9.97. The van der Waals surface area contributed by atoms with Crippen LogP contribution in [0.4, 0.5) is 13.2 Å². The van der Waals surface area contributed by atoms with Gasteiger partial charge in [-0.3, -0.25) is 4.90 Å². The second-order valence-corrected chi connectivity index (χ2v) is 7.33. The molecule has 1 heterocycles. The number of aliphatic hydroxyl groups is 1. The van der Waals surface area contributed by atoms with E-state index in [0.717, 1.165) is 30.8 Å². The Morgan fingerprint density at radius 3 is 2.40 bits per heavy atom. The number of halogens is 3. The van der Waals surface area contributed by atoms with Gasteiger partial charge in [0, 0.05) is 32.7 Å². The number of hydrogen-bond donors (Lipinski definition) is 2.